The van der Waals surface area contributed by atoms with Crippen LogP contribution in [0.3, 0.4) is 0 Å². The zero-order valence-corrected chi connectivity index (χ0v) is 9.14. The lowest BCUT2D eigenvalue weighted by Crippen LogP contribution is -1.99. The summed E-state index contributed by atoms with van der Waals surface area (Å²) in [5.41, 5.74) is 0.977. The van der Waals surface area contributed by atoms with E-state index in [-0.39, 0.29) is 12.2 Å². The van der Waals surface area contributed by atoms with Gasteiger partial charge in [-0.2, -0.15) is 0 Å². The van der Waals surface area contributed by atoms with E-state index in [0.717, 1.165) is 5.56 Å². The fourth-order valence-electron chi connectivity index (χ4n) is 1.42. The molecule has 0 aliphatic rings. The first kappa shape index (κ1) is 10.6. The van der Waals surface area contributed by atoms with Gasteiger partial charge in [-0.25, -0.2) is 4.98 Å². The third-order valence-electron chi connectivity index (χ3n) is 2.35. The van der Waals surface area contributed by atoms with Crippen molar-refractivity contribution in [1.82, 2.24) is 4.98 Å². The second-order valence-corrected chi connectivity index (χ2v) is 3.55. The molecule has 0 unspecified atom stereocenters. The van der Waals surface area contributed by atoms with Crippen LogP contribution < -0.4 is 0 Å². The van der Waals surface area contributed by atoms with Crippen molar-refractivity contribution in [3.05, 3.63) is 42.4 Å². The third kappa shape index (κ3) is 2.37. The summed E-state index contributed by atoms with van der Waals surface area (Å²) in [5, 5.41) is 0. The minimum Gasteiger partial charge on any atom is -0.440 e. The molecule has 0 aliphatic heterocycles. The van der Waals surface area contributed by atoms with E-state index in [1.807, 2.05) is 37.3 Å². The molecule has 2 rings (SSSR count). The smallest absolute Gasteiger partial charge is 0.202 e. The fraction of sp³-hybridized carbons (Fsp3) is 0.231. The van der Waals surface area contributed by atoms with E-state index in [1.165, 1.54) is 0 Å². The summed E-state index contributed by atoms with van der Waals surface area (Å²) in [4.78, 5) is 15.3. The van der Waals surface area contributed by atoms with E-state index in [0.29, 0.717) is 18.1 Å². The molecule has 0 saturated heterocycles. The van der Waals surface area contributed by atoms with Crippen LogP contribution >= 0.6 is 0 Å². The van der Waals surface area contributed by atoms with Crippen LogP contribution in [0.5, 0.6) is 0 Å². The lowest BCUT2D eigenvalue weighted by Gasteiger charge is -1.94. The average molecular weight is 215 g/mol. The number of Topliss-reactive ketones (excluding diaryl/α,β-unsaturated/α-hetero) is 1. The first-order chi connectivity index (χ1) is 7.79. The monoisotopic (exact) mass is 215 g/mol. The average Bonchev–Trinajstić information content (AvgIpc) is 2.78. The highest BCUT2D eigenvalue weighted by molar-refractivity contribution is 5.79. The standard InChI is InChI=1S/C13H13NO2/c1-2-11(15)8-13-14-9-12(16-13)10-6-4-3-5-7-10/h3-7,9H,2,8H2,1H3. The Bertz CT molecular complexity index is 474. The molecule has 0 N–H and O–H groups in total. The van der Waals surface area contributed by atoms with Crippen molar-refractivity contribution in [3.8, 4) is 11.3 Å². The van der Waals surface area contributed by atoms with Crippen LogP contribution in [-0.2, 0) is 11.2 Å². The van der Waals surface area contributed by atoms with Gasteiger partial charge in [-0.15, -0.1) is 0 Å². The summed E-state index contributed by atoms with van der Waals surface area (Å²) in [7, 11) is 0. The van der Waals surface area contributed by atoms with Crippen molar-refractivity contribution < 1.29 is 9.21 Å². The molecule has 1 aromatic heterocycles. The molecule has 0 fully saturated rings. The maximum atomic E-state index is 11.2. The van der Waals surface area contributed by atoms with E-state index < -0.39 is 0 Å². The second-order valence-electron chi connectivity index (χ2n) is 3.55. The number of ketones is 1. The van der Waals surface area contributed by atoms with Crippen molar-refractivity contribution >= 4 is 5.78 Å². The third-order valence-corrected chi connectivity index (χ3v) is 2.35. The molecule has 1 aromatic carbocycles. The van der Waals surface area contributed by atoms with Crippen LogP contribution in [0.15, 0.2) is 40.9 Å². The zero-order valence-electron chi connectivity index (χ0n) is 9.14. The number of hydrogen-bond donors (Lipinski definition) is 0. The molecular formula is C13H13NO2. The van der Waals surface area contributed by atoms with Gasteiger partial charge in [0.05, 0.1) is 12.6 Å². The molecule has 16 heavy (non-hydrogen) atoms. The van der Waals surface area contributed by atoms with Crippen LogP contribution in [0.25, 0.3) is 11.3 Å². The Balaban J connectivity index is 2.17. The quantitative estimate of drug-likeness (QED) is 0.787. The highest BCUT2D eigenvalue weighted by Crippen LogP contribution is 2.19. The first-order valence-electron chi connectivity index (χ1n) is 5.31. The Hall–Kier alpha value is -1.90. The summed E-state index contributed by atoms with van der Waals surface area (Å²) >= 11 is 0. The molecule has 0 radical (unpaired) electrons. The molecule has 82 valence electrons. The lowest BCUT2D eigenvalue weighted by molar-refractivity contribution is -0.118. The van der Waals surface area contributed by atoms with Crippen molar-refractivity contribution in [1.29, 1.82) is 0 Å². The number of rotatable bonds is 4. The minimum atomic E-state index is 0.140. The van der Waals surface area contributed by atoms with Gasteiger partial charge in [-0.1, -0.05) is 37.3 Å². The van der Waals surface area contributed by atoms with E-state index >= 15 is 0 Å². The van der Waals surface area contributed by atoms with Gasteiger partial charge in [0.1, 0.15) is 5.78 Å². The van der Waals surface area contributed by atoms with Crippen LogP contribution in [0.2, 0.25) is 0 Å². The number of oxazole rings is 1. The van der Waals surface area contributed by atoms with E-state index in [1.54, 1.807) is 6.20 Å². The maximum Gasteiger partial charge on any atom is 0.202 e. The predicted octanol–water partition coefficient (Wildman–Crippen LogP) is 2.86. The number of benzene rings is 1. The van der Waals surface area contributed by atoms with Crippen LogP contribution in [0.1, 0.15) is 19.2 Å². The largest absolute Gasteiger partial charge is 0.440 e. The van der Waals surface area contributed by atoms with E-state index in [9.17, 15) is 4.79 Å². The number of nitrogens with zero attached hydrogens (tertiary/aromatic N) is 1. The highest BCUT2D eigenvalue weighted by Gasteiger charge is 2.08. The second kappa shape index (κ2) is 4.75. The molecule has 0 bridgehead atoms. The summed E-state index contributed by atoms with van der Waals surface area (Å²) in [6, 6.07) is 9.72. The topological polar surface area (TPSA) is 43.1 Å². The molecule has 3 heteroatoms. The molecule has 0 saturated carbocycles. The summed E-state index contributed by atoms with van der Waals surface area (Å²) < 4.78 is 5.51. The Morgan fingerprint density at radius 2 is 2.06 bits per heavy atom. The molecule has 1 heterocycles. The molecule has 2 aromatic rings. The van der Waals surface area contributed by atoms with Gasteiger partial charge in [-0.05, 0) is 0 Å². The number of hydrogen-bond acceptors (Lipinski definition) is 3. The minimum absolute atomic E-state index is 0.140. The first-order valence-corrected chi connectivity index (χ1v) is 5.31. The van der Waals surface area contributed by atoms with Crippen molar-refractivity contribution in [2.75, 3.05) is 0 Å². The molecular weight excluding hydrogens is 202 g/mol. The number of carbonyl (C=O) groups excluding carboxylic acids is 1. The molecule has 0 atom stereocenters. The summed E-state index contributed by atoms with van der Waals surface area (Å²) in [6.07, 6.45) is 2.46. The Labute approximate surface area is 94.1 Å². The van der Waals surface area contributed by atoms with Crippen molar-refractivity contribution in [2.24, 2.45) is 0 Å². The van der Waals surface area contributed by atoms with Gasteiger partial charge in [0, 0.05) is 12.0 Å². The maximum absolute atomic E-state index is 11.2. The molecule has 0 spiro atoms. The van der Waals surface area contributed by atoms with Crippen LogP contribution in [-0.4, -0.2) is 10.8 Å². The van der Waals surface area contributed by atoms with Crippen LogP contribution in [0.4, 0.5) is 0 Å². The zero-order chi connectivity index (χ0) is 11.4. The number of carbonyl (C=O) groups is 1. The summed E-state index contributed by atoms with van der Waals surface area (Å²) in [6.45, 7) is 1.84. The number of aromatic nitrogens is 1. The molecule has 0 amide bonds. The Kier molecular flexibility index (Phi) is 3.15. The van der Waals surface area contributed by atoms with E-state index in [2.05, 4.69) is 4.98 Å². The summed E-state index contributed by atoms with van der Waals surface area (Å²) in [5.74, 6) is 1.34. The Morgan fingerprint density at radius 3 is 2.75 bits per heavy atom. The van der Waals surface area contributed by atoms with E-state index in [4.69, 9.17) is 4.42 Å². The Morgan fingerprint density at radius 1 is 1.31 bits per heavy atom. The van der Waals surface area contributed by atoms with Gasteiger partial charge in [0.2, 0.25) is 5.89 Å². The lowest BCUT2D eigenvalue weighted by atomic mass is 10.2. The predicted molar refractivity (Wildman–Crippen MR) is 60.9 cm³/mol. The van der Waals surface area contributed by atoms with Crippen molar-refractivity contribution in [3.63, 3.8) is 0 Å². The van der Waals surface area contributed by atoms with Crippen LogP contribution in [0, 0.1) is 0 Å². The van der Waals surface area contributed by atoms with Gasteiger partial charge in [0.25, 0.3) is 0 Å². The highest BCUT2D eigenvalue weighted by atomic mass is 16.4. The van der Waals surface area contributed by atoms with Crippen molar-refractivity contribution in [2.45, 2.75) is 19.8 Å². The molecule has 3 nitrogen and oxygen atoms in total. The van der Waals surface area contributed by atoms with Gasteiger partial charge < -0.3 is 4.42 Å². The normalized spacial score (nSPS) is 10.3. The van der Waals surface area contributed by atoms with Gasteiger partial charge in [-0.3, -0.25) is 4.79 Å². The van der Waals surface area contributed by atoms with Gasteiger partial charge >= 0.3 is 0 Å². The SMILES string of the molecule is CCC(=O)Cc1ncc(-c2ccccc2)o1. The molecule has 0 aliphatic carbocycles. The van der Waals surface area contributed by atoms with Gasteiger partial charge in [0.15, 0.2) is 5.76 Å². The fourth-order valence-corrected chi connectivity index (χ4v) is 1.42.